The topological polar surface area (TPSA) is 33.0 Å². The fraction of sp³-hybridized carbons (Fsp3) is 0.658. The lowest BCUT2D eigenvalue weighted by atomic mass is 9.65. The Morgan fingerprint density at radius 2 is 1.30 bits per heavy atom. The lowest BCUT2D eigenvalue weighted by molar-refractivity contribution is -0.224. The van der Waals surface area contributed by atoms with Crippen molar-refractivity contribution in [3.63, 3.8) is 0 Å². The van der Waals surface area contributed by atoms with Gasteiger partial charge in [-0.3, -0.25) is 0 Å². The predicted octanol–water partition coefficient (Wildman–Crippen LogP) is 11.6. The van der Waals surface area contributed by atoms with Crippen molar-refractivity contribution in [1.82, 2.24) is 0 Å². The molecule has 234 valence electrons. The van der Waals surface area contributed by atoms with Gasteiger partial charge in [0.25, 0.3) is 0 Å². The smallest absolute Gasteiger partial charge is 0.400 e. The van der Waals surface area contributed by atoms with Gasteiger partial charge in [0.05, 0.1) is 11.5 Å². The number of hydrogen-bond donors (Lipinski definition) is 0. The maximum Gasteiger partial charge on any atom is 0.400 e. The monoisotopic (exact) mass is 593 g/mol. The molecule has 0 aliphatic heterocycles. The van der Waals surface area contributed by atoms with E-state index in [9.17, 15) is 4.39 Å². The first-order valence-corrected chi connectivity index (χ1v) is 17.1. The summed E-state index contributed by atoms with van der Waals surface area (Å²) in [6, 6.07) is 11.3. The van der Waals surface area contributed by atoms with Crippen LogP contribution in [0.3, 0.4) is 0 Å². The quantitative estimate of drug-likeness (QED) is 0.257. The molecule has 0 saturated heterocycles. The Labute approximate surface area is 257 Å². The van der Waals surface area contributed by atoms with Crippen LogP contribution in [0.1, 0.15) is 121 Å². The average Bonchev–Trinajstić information content (AvgIpc) is 3.02. The molecule has 3 saturated carbocycles. The van der Waals surface area contributed by atoms with Gasteiger partial charge in [0.15, 0.2) is 0 Å². The Kier molecular flexibility index (Phi) is 10.8. The second-order valence-corrected chi connectivity index (χ2v) is 14.0. The molecule has 0 heterocycles. The fourth-order valence-corrected chi connectivity index (χ4v) is 8.65. The summed E-state index contributed by atoms with van der Waals surface area (Å²) in [5.41, 5.74) is 1.86. The van der Waals surface area contributed by atoms with Crippen molar-refractivity contribution in [2.45, 2.75) is 123 Å². The second kappa shape index (κ2) is 14.5. The highest BCUT2D eigenvalue weighted by molar-refractivity contribution is 5.66. The Morgan fingerprint density at radius 3 is 1.81 bits per heavy atom. The molecule has 5 rings (SSSR count). The van der Waals surface area contributed by atoms with Gasteiger partial charge in [0.1, 0.15) is 17.6 Å². The summed E-state index contributed by atoms with van der Waals surface area (Å²) in [7, 11) is 0. The Morgan fingerprint density at radius 1 is 0.767 bits per heavy atom. The van der Waals surface area contributed by atoms with Gasteiger partial charge in [-0.15, -0.1) is 0 Å². The molecule has 0 aromatic heterocycles. The van der Waals surface area contributed by atoms with E-state index in [-0.39, 0.29) is 11.3 Å². The molecule has 3 aliphatic carbocycles. The van der Waals surface area contributed by atoms with Crippen LogP contribution in [0.15, 0.2) is 36.4 Å². The number of alkyl halides is 2. The summed E-state index contributed by atoms with van der Waals surface area (Å²) in [6.07, 6.45) is 16.2. The van der Waals surface area contributed by atoms with E-state index in [1.807, 2.05) is 6.07 Å². The zero-order valence-corrected chi connectivity index (χ0v) is 26.2. The maximum absolute atomic E-state index is 15.2. The van der Waals surface area contributed by atoms with Crippen LogP contribution in [-0.4, -0.2) is 6.11 Å². The maximum atomic E-state index is 15.2. The van der Waals surface area contributed by atoms with Gasteiger partial charge in [-0.25, -0.2) is 4.39 Å². The second-order valence-electron chi connectivity index (χ2n) is 14.0. The van der Waals surface area contributed by atoms with Crippen molar-refractivity contribution in [3.05, 3.63) is 53.3 Å². The van der Waals surface area contributed by atoms with Gasteiger partial charge in [-0.05, 0) is 142 Å². The minimum absolute atomic E-state index is 0.0243. The van der Waals surface area contributed by atoms with E-state index in [0.29, 0.717) is 41.4 Å². The largest absolute Gasteiger partial charge is 0.432 e. The number of aryl methyl sites for hydroxylation is 1. The van der Waals surface area contributed by atoms with Gasteiger partial charge in [0, 0.05) is 0 Å². The third-order valence-corrected chi connectivity index (χ3v) is 11.3. The lowest BCUT2D eigenvalue weighted by Crippen LogP contribution is -2.38. The van der Waals surface area contributed by atoms with Gasteiger partial charge in [-0.1, -0.05) is 57.6 Å². The zero-order chi connectivity index (χ0) is 30.4. The first-order chi connectivity index (χ1) is 20.8. The standard InChI is InChI=1S/C38H50F3NO/c1-3-4-5-6-27-7-9-28(10-8-27)29-11-13-30(14-12-29)31-15-19-34(20-16-31)38(40,41)43-35-21-17-32(18-22-35)33-23-26(2)36(25-42)37(39)24-33/h17-18,21-24,27-31,34H,3-16,19-20H2,1-2H3. The van der Waals surface area contributed by atoms with E-state index in [1.165, 1.54) is 95.2 Å². The molecule has 0 unspecified atom stereocenters. The van der Waals surface area contributed by atoms with Crippen molar-refractivity contribution in [2.24, 2.45) is 35.5 Å². The minimum Gasteiger partial charge on any atom is -0.432 e. The third-order valence-electron chi connectivity index (χ3n) is 11.3. The molecule has 0 N–H and O–H groups in total. The molecule has 3 aliphatic rings. The van der Waals surface area contributed by atoms with Crippen LogP contribution < -0.4 is 4.74 Å². The number of hydrogen-bond acceptors (Lipinski definition) is 2. The highest BCUT2D eigenvalue weighted by atomic mass is 19.3. The third kappa shape index (κ3) is 7.98. The summed E-state index contributed by atoms with van der Waals surface area (Å²) in [5.74, 6) is 2.87. The molecule has 0 bridgehead atoms. The van der Waals surface area contributed by atoms with Crippen LogP contribution in [0.4, 0.5) is 13.2 Å². The first kappa shape index (κ1) is 31.9. The zero-order valence-electron chi connectivity index (χ0n) is 26.2. The summed E-state index contributed by atoms with van der Waals surface area (Å²) in [4.78, 5) is 0. The number of unbranched alkanes of at least 4 members (excludes halogenated alkanes) is 2. The lowest BCUT2D eigenvalue weighted by Gasteiger charge is -2.42. The van der Waals surface area contributed by atoms with Gasteiger partial charge in [-0.2, -0.15) is 14.0 Å². The molecule has 0 atom stereocenters. The van der Waals surface area contributed by atoms with Crippen LogP contribution in [0.2, 0.25) is 0 Å². The number of ether oxygens (including phenoxy) is 1. The summed E-state index contributed by atoms with van der Waals surface area (Å²) in [6.45, 7) is 3.97. The predicted molar refractivity (Wildman–Crippen MR) is 167 cm³/mol. The normalized spacial score (nSPS) is 28.3. The molecular weight excluding hydrogens is 543 g/mol. The summed E-state index contributed by atoms with van der Waals surface area (Å²) in [5, 5.41) is 9.10. The van der Waals surface area contributed by atoms with Crippen molar-refractivity contribution in [1.29, 1.82) is 5.26 Å². The van der Waals surface area contributed by atoms with Crippen molar-refractivity contribution < 1.29 is 17.9 Å². The Hall–Kier alpha value is -2.48. The molecule has 2 nitrogen and oxygen atoms in total. The van der Waals surface area contributed by atoms with E-state index < -0.39 is 17.8 Å². The van der Waals surface area contributed by atoms with E-state index in [1.54, 1.807) is 25.1 Å². The molecule has 0 amide bonds. The Balaban J connectivity index is 1.06. The van der Waals surface area contributed by atoms with Crippen LogP contribution in [0, 0.1) is 59.6 Å². The molecule has 0 spiro atoms. The van der Waals surface area contributed by atoms with E-state index in [4.69, 9.17) is 10.00 Å². The molecular formula is C38H50F3NO. The fourth-order valence-electron chi connectivity index (χ4n) is 8.65. The van der Waals surface area contributed by atoms with Gasteiger partial charge < -0.3 is 4.74 Å². The molecule has 3 fully saturated rings. The number of rotatable bonds is 10. The SMILES string of the molecule is CCCCCC1CCC(C2CCC(C3CCC(C(F)(F)Oc4ccc(-c5cc(C)c(C#N)c(F)c5)cc4)CC3)CC2)CC1. The summed E-state index contributed by atoms with van der Waals surface area (Å²) < 4.78 is 50.0. The first-order valence-electron chi connectivity index (χ1n) is 17.1. The Bertz CT molecular complexity index is 1190. The average molecular weight is 594 g/mol. The molecule has 2 aromatic carbocycles. The van der Waals surface area contributed by atoms with Crippen molar-refractivity contribution >= 4 is 0 Å². The summed E-state index contributed by atoms with van der Waals surface area (Å²) >= 11 is 0. The highest BCUT2D eigenvalue weighted by Crippen LogP contribution is 2.48. The van der Waals surface area contributed by atoms with Crippen LogP contribution in [-0.2, 0) is 0 Å². The highest BCUT2D eigenvalue weighted by Gasteiger charge is 2.45. The molecule has 43 heavy (non-hydrogen) atoms. The van der Waals surface area contributed by atoms with Crippen molar-refractivity contribution in [2.75, 3.05) is 0 Å². The number of benzene rings is 2. The molecule has 0 radical (unpaired) electrons. The minimum atomic E-state index is -3.21. The van der Waals surface area contributed by atoms with Gasteiger partial charge >= 0.3 is 6.11 Å². The molecule has 5 heteroatoms. The van der Waals surface area contributed by atoms with Crippen LogP contribution >= 0.6 is 0 Å². The van der Waals surface area contributed by atoms with E-state index in [2.05, 4.69) is 6.92 Å². The number of nitrogens with zero attached hydrogens (tertiary/aromatic N) is 1. The number of nitriles is 1. The van der Waals surface area contributed by atoms with E-state index in [0.717, 1.165) is 30.6 Å². The van der Waals surface area contributed by atoms with Gasteiger partial charge in [0.2, 0.25) is 0 Å². The van der Waals surface area contributed by atoms with E-state index >= 15 is 8.78 Å². The number of halogens is 3. The molecule has 2 aromatic rings. The van der Waals surface area contributed by atoms with Crippen LogP contribution in [0.5, 0.6) is 5.75 Å². The van der Waals surface area contributed by atoms with Crippen LogP contribution in [0.25, 0.3) is 11.1 Å². The van der Waals surface area contributed by atoms with Crippen molar-refractivity contribution in [3.8, 4) is 22.9 Å².